The molecule has 1 aromatic carbocycles. The molecule has 0 aliphatic rings. The van der Waals surface area contributed by atoms with Crippen LogP contribution in [0.2, 0.25) is 0 Å². The zero-order chi connectivity index (χ0) is 12.6. The van der Waals surface area contributed by atoms with E-state index in [4.69, 9.17) is 0 Å². The second kappa shape index (κ2) is 4.49. The van der Waals surface area contributed by atoms with Crippen LogP contribution >= 0.6 is 0 Å². The van der Waals surface area contributed by atoms with Gasteiger partial charge in [-0.2, -0.15) is 0 Å². The molecule has 0 spiro atoms. The van der Waals surface area contributed by atoms with Crippen LogP contribution in [0.1, 0.15) is 36.7 Å². The highest BCUT2D eigenvalue weighted by molar-refractivity contribution is 5.87. The smallest absolute Gasteiger partial charge is 0.124 e. The molecule has 0 fully saturated rings. The van der Waals surface area contributed by atoms with Gasteiger partial charge in [-0.1, -0.05) is 6.92 Å². The zero-order valence-corrected chi connectivity index (χ0v) is 10.8. The Bertz CT molecular complexity index is 543. The minimum atomic E-state index is -0.168. The second-order valence-corrected chi connectivity index (χ2v) is 4.59. The van der Waals surface area contributed by atoms with E-state index in [9.17, 15) is 4.39 Å². The lowest BCUT2D eigenvalue weighted by atomic mass is 10.0. The van der Waals surface area contributed by atoms with Crippen molar-refractivity contribution in [3.05, 3.63) is 34.8 Å². The first-order valence-corrected chi connectivity index (χ1v) is 6.06. The minimum Gasteiger partial charge on any atom is -0.358 e. The summed E-state index contributed by atoms with van der Waals surface area (Å²) in [6.07, 6.45) is 0. The molecule has 1 unspecified atom stereocenters. The summed E-state index contributed by atoms with van der Waals surface area (Å²) in [5, 5.41) is 4.37. The van der Waals surface area contributed by atoms with Crippen molar-refractivity contribution in [3.8, 4) is 0 Å². The van der Waals surface area contributed by atoms with Crippen molar-refractivity contribution in [1.82, 2.24) is 10.3 Å². The Morgan fingerprint density at radius 1 is 1.35 bits per heavy atom. The maximum atomic E-state index is 13.5. The zero-order valence-electron chi connectivity index (χ0n) is 10.8. The first kappa shape index (κ1) is 12.1. The predicted molar refractivity (Wildman–Crippen MR) is 69.8 cm³/mol. The monoisotopic (exact) mass is 234 g/mol. The van der Waals surface area contributed by atoms with E-state index in [1.165, 1.54) is 5.56 Å². The highest BCUT2D eigenvalue weighted by Crippen LogP contribution is 2.30. The van der Waals surface area contributed by atoms with Gasteiger partial charge < -0.3 is 10.3 Å². The number of H-pyrrole nitrogens is 1. The molecule has 1 aromatic heterocycles. The second-order valence-electron chi connectivity index (χ2n) is 4.59. The molecule has 2 rings (SSSR count). The number of hydrogen-bond donors (Lipinski definition) is 2. The van der Waals surface area contributed by atoms with Gasteiger partial charge in [-0.15, -0.1) is 0 Å². The van der Waals surface area contributed by atoms with Crippen molar-refractivity contribution < 1.29 is 4.39 Å². The van der Waals surface area contributed by atoms with Crippen LogP contribution in [0.4, 0.5) is 4.39 Å². The van der Waals surface area contributed by atoms with Gasteiger partial charge in [0.2, 0.25) is 0 Å². The van der Waals surface area contributed by atoms with E-state index < -0.39 is 0 Å². The average Bonchev–Trinajstić information content (AvgIpc) is 2.55. The normalized spacial score (nSPS) is 13.2. The average molecular weight is 234 g/mol. The van der Waals surface area contributed by atoms with E-state index in [0.717, 1.165) is 28.7 Å². The maximum Gasteiger partial charge on any atom is 0.124 e. The van der Waals surface area contributed by atoms with Gasteiger partial charge in [0.05, 0.1) is 0 Å². The Balaban J connectivity index is 2.66. The van der Waals surface area contributed by atoms with Gasteiger partial charge in [-0.3, -0.25) is 0 Å². The fraction of sp³-hybridized carbons (Fsp3) is 0.429. The molecule has 2 nitrogen and oxygen atoms in total. The van der Waals surface area contributed by atoms with Crippen LogP contribution < -0.4 is 5.32 Å². The Labute approximate surface area is 101 Å². The van der Waals surface area contributed by atoms with Gasteiger partial charge in [0.15, 0.2) is 0 Å². The quantitative estimate of drug-likeness (QED) is 0.834. The van der Waals surface area contributed by atoms with E-state index in [0.29, 0.717) is 0 Å². The van der Waals surface area contributed by atoms with Crippen LogP contribution in [0.15, 0.2) is 12.1 Å². The fourth-order valence-corrected chi connectivity index (χ4v) is 2.54. The number of hydrogen-bond acceptors (Lipinski definition) is 1. The van der Waals surface area contributed by atoms with E-state index >= 15 is 0 Å². The molecule has 0 amide bonds. The summed E-state index contributed by atoms with van der Waals surface area (Å²) in [5.41, 5.74) is 4.29. The van der Waals surface area contributed by atoms with Crippen molar-refractivity contribution in [1.29, 1.82) is 0 Å². The molecule has 1 heterocycles. The maximum absolute atomic E-state index is 13.5. The summed E-state index contributed by atoms with van der Waals surface area (Å²) in [6.45, 7) is 9.07. The third kappa shape index (κ3) is 2.07. The van der Waals surface area contributed by atoms with Crippen molar-refractivity contribution >= 4 is 10.9 Å². The summed E-state index contributed by atoms with van der Waals surface area (Å²) in [6, 6.07) is 3.42. The predicted octanol–water partition coefficient (Wildman–Crippen LogP) is 3.59. The third-order valence-corrected chi connectivity index (χ3v) is 3.25. The molecule has 0 aliphatic heterocycles. The van der Waals surface area contributed by atoms with Crippen molar-refractivity contribution in [2.75, 3.05) is 6.54 Å². The van der Waals surface area contributed by atoms with Gasteiger partial charge >= 0.3 is 0 Å². The van der Waals surface area contributed by atoms with Gasteiger partial charge in [0.1, 0.15) is 5.82 Å². The molecule has 3 heteroatoms. The van der Waals surface area contributed by atoms with Gasteiger partial charge in [-0.25, -0.2) is 4.39 Å². The lowest BCUT2D eigenvalue weighted by Gasteiger charge is -2.13. The lowest BCUT2D eigenvalue weighted by Crippen LogP contribution is -2.18. The van der Waals surface area contributed by atoms with Crippen LogP contribution in [0, 0.1) is 19.7 Å². The van der Waals surface area contributed by atoms with Crippen LogP contribution in [-0.4, -0.2) is 11.5 Å². The van der Waals surface area contributed by atoms with E-state index in [2.05, 4.69) is 24.1 Å². The van der Waals surface area contributed by atoms with Crippen LogP contribution in [-0.2, 0) is 0 Å². The summed E-state index contributed by atoms with van der Waals surface area (Å²) in [5.74, 6) is -0.168. The Morgan fingerprint density at radius 3 is 2.71 bits per heavy atom. The summed E-state index contributed by atoms with van der Waals surface area (Å²) < 4.78 is 13.5. The summed E-state index contributed by atoms with van der Waals surface area (Å²) >= 11 is 0. The SMILES string of the molecule is CCNC(C)c1c(C)[nH]c2c(C)cc(F)cc12. The number of aromatic nitrogens is 1. The first-order chi connectivity index (χ1) is 8.04. The lowest BCUT2D eigenvalue weighted by molar-refractivity contribution is 0.598. The van der Waals surface area contributed by atoms with E-state index in [1.54, 1.807) is 12.1 Å². The Morgan fingerprint density at radius 2 is 2.06 bits per heavy atom. The number of halogens is 1. The summed E-state index contributed by atoms with van der Waals surface area (Å²) in [7, 11) is 0. The van der Waals surface area contributed by atoms with Crippen molar-refractivity contribution in [2.24, 2.45) is 0 Å². The Hall–Kier alpha value is -1.35. The molecular formula is C14H19FN2. The minimum absolute atomic E-state index is 0.168. The van der Waals surface area contributed by atoms with E-state index in [-0.39, 0.29) is 11.9 Å². The fourth-order valence-electron chi connectivity index (χ4n) is 2.54. The number of aryl methyl sites for hydroxylation is 2. The van der Waals surface area contributed by atoms with Crippen LogP contribution in [0.25, 0.3) is 10.9 Å². The molecule has 0 aliphatic carbocycles. The van der Waals surface area contributed by atoms with Gasteiger partial charge in [-0.05, 0) is 50.6 Å². The number of rotatable bonds is 3. The molecule has 17 heavy (non-hydrogen) atoms. The number of nitrogens with one attached hydrogen (secondary N) is 2. The molecule has 0 saturated carbocycles. The standard InChI is InChI=1S/C14H19FN2/c1-5-16-9(3)13-10(4)17-14-8(2)6-11(15)7-12(13)14/h6-7,9,16-17H,5H2,1-4H3. The van der Waals surface area contributed by atoms with Crippen molar-refractivity contribution in [2.45, 2.75) is 33.7 Å². The largest absolute Gasteiger partial charge is 0.358 e. The highest BCUT2D eigenvalue weighted by atomic mass is 19.1. The van der Waals surface area contributed by atoms with Gasteiger partial charge in [0, 0.05) is 22.6 Å². The Kier molecular flexibility index (Phi) is 3.20. The molecule has 0 radical (unpaired) electrons. The molecule has 2 aromatic rings. The molecule has 0 bridgehead atoms. The van der Waals surface area contributed by atoms with E-state index in [1.807, 2.05) is 13.8 Å². The molecule has 2 N–H and O–H groups in total. The molecule has 0 saturated heterocycles. The van der Waals surface area contributed by atoms with Gasteiger partial charge in [0.25, 0.3) is 0 Å². The van der Waals surface area contributed by atoms with Crippen molar-refractivity contribution in [3.63, 3.8) is 0 Å². The number of aromatic amines is 1. The number of benzene rings is 1. The highest BCUT2D eigenvalue weighted by Gasteiger charge is 2.16. The van der Waals surface area contributed by atoms with Crippen LogP contribution in [0.5, 0.6) is 0 Å². The molecular weight excluding hydrogens is 215 g/mol. The number of fused-ring (bicyclic) bond motifs is 1. The molecule has 92 valence electrons. The summed E-state index contributed by atoms with van der Waals surface area (Å²) in [4.78, 5) is 3.36. The topological polar surface area (TPSA) is 27.8 Å². The first-order valence-electron chi connectivity index (χ1n) is 6.06. The van der Waals surface area contributed by atoms with Crippen LogP contribution in [0.3, 0.4) is 0 Å². The molecule has 1 atom stereocenters. The third-order valence-electron chi connectivity index (χ3n) is 3.25.